The van der Waals surface area contributed by atoms with Gasteiger partial charge >= 0.3 is 0 Å². The fourth-order valence-electron chi connectivity index (χ4n) is 6.13. The number of nitrogens with zero attached hydrogens (tertiary/aromatic N) is 1. The molecule has 0 saturated carbocycles. The van der Waals surface area contributed by atoms with Crippen LogP contribution in [0.3, 0.4) is 0 Å². The Morgan fingerprint density at radius 1 is 0.574 bits per heavy atom. The minimum atomic E-state index is -1.42. The zero-order chi connectivity index (χ0) is 51.5. The van der Waals surface area contributed by atoms with Gasteiger partial charge in [-0.15, -0.1) is 0 Å². The molecule has 3 nitrogen and oxygen atoms in total. The maximum atomic E-state index is 9.89. The Labute approximate surface area is 308 Å². The van der Waals surface area contributed by atoms with Gasteiger partial charge in [-0.1, -0.05) is 96.7 Å². The van der Waals surface area contributed by atoms with E-state index in [0.29, 0.717) is 0 Å². The Bertz CT molecular complexity index is 4060. The summed E-state index contributed by atoms with van der Waals surface area (Å²) in [5, 5.41) is -1.51. The molecule has 218 valence electrons. The molecule has 0 atom stereocenters. The van der Waals surface area contributed by atoms with E-state index in [0.717, 1.165) is 16.2 Å². The quantitative estimate of drug-likeness (QED) is 0.176. The highest BCUT2D eigenvalue weighted by Gasteiger charge is 2.39. The summed E-state index contributed by atoms with van der Waals surface area (Å²) in [5.74, 6) is -2.56. The van der Waals surface area contributed by atoms with Crippen molar-refractivity contribution in [3.8, 4) is 39.4 Å². The molecule has 0 saturated heterocycles. The van der Waals surface area contributed by atoms with Gasteiger partial charge in [-0.2, -0.15) is 11.6 Å². The first-order valence-electron chi connectivity index (χ1n) is 26.0. The van der Waals surface area contributed by atoms with Crippen LogP contribution in [0.4, 0.5) is 0 Å². The number of rotatable bonds is 2. The van der Waals surface area contributed by atoms with Gasteiger partial charge in [0.25, 0.3) is 5.99 Å². The number of ether oxygens (including phenoxy) is 1. The van der Waals surface area contributed by atoms with Gasteiger partial charge in [0.1, 0.15) is 22.7 Å². The Balaban J connectivity index is 1.31. The van der Waals surface area contributed by atoms with Crippen molar-refractivity contribution in [3.63, 3.8) is 0 Å². The number of hydrogen-bond acceptors (Lipinski definition) is 3. The van der Waals surface area contributed by atoms with Gasteiger partial charge in [0.2, 0.25) is 0 Å². The summed E-state index contributed by atoms with van der Waals surface area (Å²) in [6, 6.07) is -17.8. The van der Waals surface area contributed by atoms with Crippen LogP contribution < -0.4 is 15.7 Å². The second-order valence-corrected chi connectivity index (χ2v) is 11.7. The van der Waals surface area contributed by atoms with Crippen LogP contribution in [0.2, 0.25) is 0 Å². The lowest BCUT2D eigenvalue weighted by Gasteiger charge is -2.33. The van der Waals surface area contributed by atoms with Crippen LogP contribution in [-0.4, -0.2) is 10.6 Å². The smallest absolute Gasteiger partial charge is 0.289 e. The molecule has 0 bridgehead atoms. The standard InChI is InChI=1S/C42H24BNO2S/c1-5-16-35-28(10-1)29-11-2-6-17-36(29)44(35)26-20-21-34-38(24-26)45-39-23-25(22-33-31-13-4-8-19-40(31)47-43(34)41(33)39)27-14-9-15-32-30-12-3-7-18-37(30)46-42(27)32/h1-24H/i1D,2D,3D,4D,5D,6D,7D,8D,9D,10D,11D,12D,13D,14D,15D,16D,17D,18D,19D,20D,21D,22D,23D,24D. The zero-order valence-electron chi connectivity index (χ0n) is 47.2. The minimum absolute atomic E-state index is 0.144. The summed E-state index contributed by atoms with van der Waals surface area (Å²) >= 11 is 0.726. The van der Waals surface area contributed by atoms with Crippen molar-refractivity contribution < 1.29 is 42.1 Å². The molecular weight excluding hydrogens is 593 g/mol. The molecule has 2 aromatic heterocycles. The summed E-state index contributed by atoms with van der Waals surface area (Å²) in [7, 11) is 0. The highest BCUT2D eigenvalue weighted by molar-refractivity contribution is 8.28. The van der Waals surface area contributed by atoms with Crippen molar-refractivity contribution in [2.45, 2.75) is 4.90 Å². The average molecular weight is 642 g/mol. The molecule has 0 N–H and O–H groups in total. The van der Waals surface area contributed by atoms with Crippen molar-refractivity contribution in [1.82, 2.24) is 4.57 Å². The summed E-state index contributed by atoms with van der Waals surface area (Å²) in [4.78, 5) is -0.188. The number of benzene rings is 7. The second-order valence-electron chi connectivity index (χ2n) is 10.6. The normalized spacial score (nSPS) is 20.3. The van der Waals surface area contributed by atoms with Crippen molar-refractivity contribution >= 4 is 72.3 Å². The largest absolute Gasteiger partial charge is 0.458 e. The van der Waals surface area contributed by atoms with Gasteiger partial charge in [0.15, 0.2) is 0 Å². The third kappa shape index (κ3) is 3.55. The molecule has 5 heteroatoms. The summed E-state index contributed by atoms with van der Waals surface area (Å²) < 4.78 is 228. The average Bonchev–Trinajstić information content (AvgIpc) is 3.92. The molecular formula is C42H24BNO2S. The van der Waals surface area contributed by atoms with Crippen molar-refractivity contribution in [1.29, 1.82) is 0 Å². The third-order valence-corrected chi connectivity index (χ3v) is 9.35. The first-order valence-corrected chi connectivity index (χ1v) is 14.9. The van der Waals surface area contributed by atoms with E-state index in [2.05, 4.69) is 0 Å². The van der Waals surface area contributed by atoms with Crippen molar-refractivity contribution in [3.05, 3.63) is 145 Å². The van der Waals surface area contributed by atoms with Gasteiger partial charge in [0, 0.05) is 43.7 Å². The lowest BCUT2D eigenvalue weighted by Crippen LogP contribution is -2.46. The SMILES string of the molecule is [2H]c1c([2H])c([2H])c2c(c1[2H])SB1c3c([2H])c([2H])c(-n4c5c([2H])c([2H])c([2H])c([2H])c5c5c([2H])c([2H])c([2H])c([2H])c54)c([2H])c3Oc3c([2H])c(-c4c([2H])c([2H])c([2H])c5c4oc4c([2H])c([2H])c([2H])c([2H])c45)c([2H])c-2c31. The predicted octanol–water partition coefficient (Wildman–Crippen LogP) is 10.3. The number of aromatic nitrogens is 1. The molecule has 0 aliphatic carbocycles. The minimum Gasteiger partial charge on any atom is -0.458 e. The lowest BCUT2D eigenvalue weighted by atomic mass is 9.57. The summed E-state index contributed by atoms with van der Waals surface area (Å²) in [6.07, 6.45) is 0. The third-order valence-electron chi connectivity index (χ3n) is 8.10. The first-order chi connectivity index (χ1) is 33.3. The fourth-order valence-corrected chi connectivity index (χ4v) is 7.38. The van der Waals surface area contributed by atoms with E-state index < -0.39 is 212 Å². The van der Waals surface area contributed by atoms with Gasteiger partial charge in [-0.25, -0.2) is 0 Å². The number of fused-ring (bicyclic) bond motifs is 10. The Morgan fingerprint density at radius 3 is 2.13 bits per heavy atom. The van der Waals surface area contributed by atoms with Crippen LogP contribution in [0.5, 0.6) is 11.5 Å². The molecule has 7 aromatic carbocycles. The van der Waals surface area contributed by atoms with Crippen molar-refractivity contribution in [2.24, 2.45) is 0 Å². The number of furan rings is 1. The highest BCUT2D eigenvalue weighted by Crippen LogP contribution is 2.46. The molecule has 9 aromatic rings. The highest BCUT2D eigenvalue weighted by atomic mass is 32.2. The maximum Gasteiger partial charge on any atom is 0.289 e. The fraction of sp³-hybridized carbons (Fsp3) is 0. The van der Waals surface area contributed by atoms with E-state index >= 15 is 0 Å². The Hall–Kier alpha value is -5.65. The maximum absolute atomic E-state index is 9.89. The van der Waals surface area contributed by atoms with Crippen LogP contribution in [0, 0.1) is 0 Å². The molecule has 0 radical (unpaired) electrons. The van der Waals surface area contributed by atoms with Crippen LogP contribution in [0.1, 0.15) is 32.9 Å². The molecule has 0 amide bonds. The molecule has 0 fully saturated rings. The molecule has 2 aliphatic heterocycles. The van der Waals surface area contributed by atoms with Gasteiger partial charge < -0.3 is 13.7 Å². The van der Waals surface area contributed by atoms with Crippen LogP contribution in [-0.2, 0) is 0 Å². The van der Waals surface area contributed by atoms with Crippen molar-refractivity contribution in [2.75, 3.05) is 0 Å². The Morgan fingerprint density at radius 2 is 1.28 bits per heavy atom. The molecule has 4 heterocycles. The topological polar surface area (TPSA) is 27.3 Å². The lowest BCUT2D eigenvalue weighted by molar-refractivity contribution is 0.488. The van der Waals surface area contributed by atoms with E-state index in [1.165, 1.54) is 0 Å². The van der Waals surface area contributed by atoms with Crippen LogP contribution >= 0.6 is 11.6 Å². The predicted molar refractivity (Wildman–Crippen MR) is 196 cm³/mol. The van der Waals surface area contributed by atoms with Gasteiger partial charge in [-0.3, -0.25) is 0 Å². The first kappa shape index (κ1) is 11.9. The van der Waals surface area contributed by atoms with E-state index in [1.807, 2.05) is 0 Å². The van der Waals surface area contributed by atoms with E-state index in [-0.39, 0.29) is 37.7 Å². The van der Waals surface area contributed by atoms with E-state index in [4.69, 9.17) is 33.8 Å². The second kappa shape index (κ2) is 9.44. The molecule has 2 aliphatic rings. The van der Waals surface area contributed by atoms with E-state index in [1.54, 1.807) is 0 Å². The molecule has 11 rings (SSSR count). The van der Waals surface area contributed by atoms with Crippen LogP contribution in [0.25, 0.3) is 71.7 Å². The molecule has 0 spiro atoms. The van der Waals surface area contributed by atoms with Crippen LogP contribution in [0.15, 0.2) is 154 Å². The summed E-state index contributed by atoms with van der Waals surface area (Å²) in [6.45, 7) is 0. The molecule has 0 unspecified atom stereocenters. The van der Waals surface area contributed by atoms with Gasteiger partial charge in [-0.05, 0) is 69.9 Å². The van der Waals surface area contributed by atoms with Gasteiger partial charge in [0.05, 0.1) is 43.9 Å². The van der Waals surface area contributed by atoms with E-state index in [9.17, 15) is 8.22 Å². The zero-order valence-corrected chi connectivity index (χ0v) is 24.1. The number of hydrogen-bond donors (Lipinski definition) is 0. The Kier molecular flexibility index (Phi) is 2.38. The summed E-state index contributed by atoms with van der Waals surface area (Å²) in [5.41, 5.74) is -4.83. The molecule has 47 heavy (non-hydrogen) atoms. The monoisotopic (exact) mass is 641 g/mol. The number of para-hydroxylation sites is 4.